The number of carbonyl (C=O) groups excluding carboxylic acids is 2. The number of nitrogens with one attached hydrogen (secondary N) is 1. The van der Waals surface area contributed by atoms with E-state index in [0.717, 1.165) is 16.8 Å². The zero-order valence-electron chi connectivity index (χ0n) is 19.8. The molecule has 3 heterocycles. The summed E-state index contributed by atoms with van der Waals surface area (Å²) in [5.74, 6) is -0.170. The molecule has 3 aliphatic rings. The van der Waals surface area contributed by atoms with Gasteiger partial charge in [-0.25, -0.2) is 9.69 Å². The van der Waals surface area contributed by atoms with Gasteiger partial charge in [0, 0.05) is 26.1 Å². The highest BCUT2D eigenvalue weighted by molar-refractivity contribution is 6.01. The molecule has 0 radical (unpaired) electrons. The van der Waals surface area contributed by atoms with E-state index in [1.807, 2.05) is 36.2 Å². The molecule has 0 bridgehead atoms. The number of amides is 3. The summed E-state index contributed by atoms with van der Waals surface area (Å²) in [5, 5.41) is 10.3. The first-order valence-electron chi connectivity index (χ1n) is 11.1. The molecule has 1 aromatic carbocycles. The minimum Gasteiger partial charge on any atom is -0.383 e. The van der Waals surface area contributed by atoms with Gasteiger partial charge in [-0.3, -0.25) is 20.0 Å². The fraction of sp³-hybridized carbons (Fsp3) is 0.609. The van der Waals surface area contributed by atoms with Gasteiger partial charge in [-0.05, 0) is 12.5 Å². The van der Waals surface area contributed by atoms with Crippen LogP contribution >= 0.6 is 0 Å². The summed E-state index contributed by atoms with van der Waals surface area (Å²) in [6.45, 7) is 10.3. The van der Waals surface area contributed by atoms with E-state index in [0.29, 0.717) is 19.7 Å². The Morgan fingerprint density at radius 1 is 1.25 bits per heavy atom. The van der Waals surface area contributed by atoms with Crippen molar-refractivity contribution in [1.29, 1.82) is 0 Å². The summed E-state index contributed by atoms with van der Waals surface area (Å²) in [7, 11) is 3.42. The largest absolute Gasteiger partial charge is 0.383 e. The normalized spacial score (nSPS) is 26.4. The third-order valence-corrected chi connectivity index (χ3v) is 6.44. The van der Waals surface area contributed by atoms with E-state index in [2.05, 4.69) is 31.0 Å². The SMILES string of the molecule is COCCN1N=C(C(C)(C)C)CN2C3C(=O)N(Cc4cccc(C)c4)C(=O)N(C)C3NC12. The first-order valence-corrected chi connectivity index (χ1v) is 11.1. The number of likely N-dealkylation sites (N-methyl/N-ethyl adjacent to an activating group) is 1. The van der Waals surface area contributed by atoms with E-state index in [-0.39, 0.29) is 30.2 Å². The predicted octanol–water partition coefficient (Wildman–Crippen LogP) is 1.64. The number of urea groups is 1. The van der Waals surface area contributed by atoms with E-state index in [9.17, 15) is 9.59 Å². The quantitative estimate of drug-likeness (QED) is 0.747. The van der Waals surface area contributed by atoms with Crippen LogP contribution in [0, 0.1) is 12.3 Å². The van der Waals surface area contributed by atoms with Gasteiger partial charge in [0.05, 0.1) is 25.4 Å². The first kappa shape index (κ1) is 22.7. The number of imide groups is 1. The second-order valence-corrected chi connectivity index (χ2v) is 9.86. The number of fused-ring (bicyclic) bond motifs is 3. The summed E-state index contributed by atoms with van der Waals surface area (Å²) >= 11 is 0. The van der Waals surface area contributed by atoms with Crippen molar-refractivity contribution in [3.05, 3.63) is 35.4 Å². The lowest BCUT2D eigenvalue weighted by Gasteiger charge is -2.44. The molecule has 4 rings (SSSR count). The first-order chi connectivity index (χ1) is 15.1. The lowest BCUT2D eigenvalue weighted by Crippen LogP contribution is -2.66. The van der Waals surface area contributed by atoms with Crippen LogP contribution in [-0.2, 0) is 16.1 Å². The number of hydrogen-bond donors (Lipinski definition) is 1. The van der Waals surface area contributed by atoms with Gasteiger partial charge in [-0.1, -0.05) is 50.6 Å². The number of methoxy groups -OCH3 is 1. The summed E-state index contributed by atoms with van der Waals surface area (Å²) in [5.41, 5.74) is 2.90. The van der Waals surface area contributed by atoms with Gasteiger partial charge < -0.3 is 9.64 Å². The zero-order chi connectivity index (χ0) is 23.2. The topological polar surface area (TPSA) is 80.7 Å². The molecule has 3 unspecified atom stereocenters. The molecule has 1 aromatic rings. The average Bonchev–Trinajstić information content (AvgIpc) is 3.13. The van der Waals surface area contributed by atoms with Gasteiger partial charge in [0.1, 0.15) is 12.2 Å². The molecular formula is C23H34N6O3. The highest BCUT2D eigenvalue weighted by atomic mass is 16.5. The molecule has 174 valence electrons. The van der Waals surface area contributed by atoms with Gasteiger partial charge in [0.25, 0.3) is 5.91 Å². The van der Waals surface area contributed by atoms with Crippen LogP contribution in [0.1, 0.15) is 31.9 Å². The summed E-state index contributed by atoms with van der Waals surface area (Å²) in [6.07, 6.45) is -0.683. The third-order valence-electron chi connectivity index (χ3n) is 6.44. The zero-order valence-corrected chi connectivity index (χ0v) is 19.8. The van der Waals surface area contributed by atoms with Gasteiger partial charge in [-0.2, -0.15) is 5.10 Å². The van der Waals surface area contributed by atoms with Crippen molar-refractivity contribution in [2.75, 3.05) is 33.9 Å². The molecule has 2 saturated heterocycles. The Balaban J connectivity index is 1.65. The summed E-state index contributed by atoms with van der Waals surface area (Å²) in [4.78, 5) is 32.0. The van der Waals surface area contributed by atoms with Crippen molar-refractivity contribution in [2.45, 2.75) is 52.7 Å². The van der Waals surface area contributed by atoms with Crippen molar-refractivity contribution in [2.24, 2.45) is 10.5 Å². The Kier molecular flexibility index (Phi) is 6.00. The van der Waals surface area contributed by atoms with Crippen LogP contribution in [0.15, 0.2) is 29.4 Å². The average molecular weight is 443 g/mol. The minimum atomic E-state index is -0.481. The minimum absolute atomic E-state index is 0.144. The Bertz CT molecular complexity index is 927. The number of carbonyl (C=O) groups is 2. The number of hydrogen-bond acceptors (Lipinski definition) is 7. The maximum Gasteiger partial charge on any atom is 0.328 e. The summed E-state index contributed by atoms with van der Waals surface area (Å²) in [6, 6.07) is 7.16. The molecule has 0 spiro atoms. The molecule has 3 aliphatic heterocycles. The molecule has 9 heteroatoms. The van der Waals surface area contributed by atoms with Crippen molar-refractivity contribution < 1.29 is 14.3 Å². The molecule has 2 fully saturated rings. The van der Waals surface area contributed by atoms with Crippen LogP contribution in [-0.4, -0.2) is 89.7 Å². The van der Waals surface area contributed by atoms with Crippen molar-refractivity contribution in [1.82, 2.24) is 25.0 Å². The maximum absolute atomic E-state index is 13.7. The summed E-state index contributed by atoms with van der Waals surface area (Å²) < 4.78 is 5.29. The third kappa shape index (κ3) is 4.00. The van der Waals surface area contributed by atoms with E-state index in [1.165, 1.54) is 4.90 Å². The van der Waals surface area contributed by atoms with Crippen LogP contribution in [0.2, 0.25) is 0 Å². The lowest BCUT2D eigenvalue weighted by atomic mass is 9.89. The second kappa shape index (κ2) is 8.46. The second-order valence-electron chi connectivity index (χ2n) is 9.86. The van der Waals surface area contributed by atoms with Gasteiger partial charge in [0.2, 0.25) is 0 Å². The number of rotatable bonds is 5. The van der Waals surface area contributed by atoms with Gasteiger partial charge >= 0.3 is 6.03 Å². The number of benzene rings is 1. The number of ether oxygens (including phenoxy) is 1. The fourth-order valence-electron chi connectivity index (χ4n) is 4.58. The van der Waals surface area contributed by atoms with Crippen LogP contribution in [0.3, 0.4) is 0 Å². The molecule has 9 nitrogen and oxygen atoms in total. The highest BCUT2D eigenvalue weighted by Crippen LogP contribution is 2.33. The fourth-order valence-corrected chi connectivity index (χ4v) is 4.58. The Morgan fingerprint density at radius 3 is 2.66 bits per heavy atom. The monoisotopic (exact) mass is 442 g/mol. The molecular weight excluding hydrogens is 408 g/mol. The van der Waals surface area contributed by atoms with E-state index in [4.69, 9.17) is 9.84 Å². The van der Waals surface area contributed by atoms with Crippen LogP contribution < -0.4 is 5.32 Å². The molecule has 1 N–H and O–H groups in total. The molecule has 0 saturated carbocycles. The maximum atomic E-state index is 13.7. The standard InChI is InChI=1S/C23H34N6O3/c1-15-8-7-9-16(12-15)13-28-20(30)18-19(26(5)22(28)31)24-21-27(18)14-17(23(2,3)4)25-29(21)10-11-32-6/h7-9,12,18-19,21,24H,10-11,13-14H2,1-6H3. The smallest absolute Gasteiger partial charge is 0.328 e. The van der Waals surface area contributed by atoms with E-state index >= 15 is 0 Å². The molecule has 0 aromatic heterocycles. The number of aryl methyl sites for hydroxylation is 1. The van der Waals surface area contributed by atoms with Gasteiger partial charge in [-0.15, -0.1) is 0 Å². The van der Waals surface area contributed by atoms with Gasteiger partial charge in [0.15, 0.2) is 6.29 Å². The molecule has 0 aliphatic carbocycles. The molecule has 3 atom stereocenters. The van der Waals surface area contributed by atoms with E-state index in [1.54, 1.807) is 19.1 Å². The Labute approximate surface area is 190 Å². The molecule has 32 heavy (non-hydrogen) atoms. The predicted molar refractivity (Wildman–Crippen MR) is 122 cm³/mol. The Morgan fingerprint density at radius 2 is 2.00 bits per heavy atom. The lowest BCUT2D eigenvalue weighted by molar-refractivity contribution is -0.139. The van der Waals surface area contributed by atoms with Crippen LogP contribution in [0.5, 0.6) is 0 Å². The van der Waals surface area contributed by atoms with Crippen molar-refractivity contribution in [3.63, 3.8) is 0 Å². The molecule has 3 amide bonds. The van der Waals surface area contributed by atoms with Crippen LogP contribution in [0.25, 0.3) is 0 Å². The van der Waals surface area contributed by atoms with Crippen molar-refractivity contribution in [3.8, 4) is 0 Å². The Hall–Kier alpha value is -2.49. The van der Waals surface area contributed by atoms with E-state index < -0.39 is 12.2 Å². The number of nitrogens with zero attached hydrogens (tertiary/aromatic N) is 5. The van der Waals surface area contributed by atoms with Crippen molar-refractivity contribution >= 4 is 17.6 Å². The number of hydrazone groups is 1. The van der Waals surface area contributed by atoms with Crippen LogP contribution in [0.4, 0.5) is 4.79 Å². The highest BCUT2D eigenvalue weighted by Gasteiger charge is 2.56.